The Morgan fingerprint density at radius 3 is 0.800 bits per heavy atom. The summed E-state index contributed by atoms with van der Waals surface area (Å²) in [6.07, 6.45) is 0. The second kappa shape index (κ2) is 15.7. The predicted molar refractivity (Wildman–Crippen MR) is 43.5 cm³/mol. The van der Waals surface area contributed by atoms with Crippen LogP contribution in [-0.2, 0) is 0 Å². The molecule has 10 N–H and O–H groups in total. The van der Waals surface area contributed by atoms with Crippen molar-refractivity contribution in [1.82, 2.24) is 0 Å². The predicted octanol–water partition coefficient (Wildman–Crippen LogP) is -1.52. The molecule has 0 unspecified atom stereocenters. The molecule has 0 bridgehead atoms. The maximum atomic E-state index is 6.06. The van der Waals surface area contributed by atoms with Gasteiger partial charge in [-0.3, -0.25) is 10.8 Å². The molecule has 0 spiro atoms. The van der Waals surface area contributed by atoms with Crippen LogP contribution in [0, 0.1) is 10.8 Å². The molecule has 6 heteroatoms. The molecule has 0 aromatic heterocycles. The number of hydrogen-bond acceptors (Lipinski definition) is 2. The molecule has 0 amide bonds. The average Bonchev–Trinajstić information content (AvgIpc) is 1.66. The lowest BCUT2D eigenvalue weighted by atomic mass is 11.1. The van der Waals surface area contributed by atoms with E-state index in [2.05, 4.69) is 36.1 Å². The molecule has 0 heterocycles. The topological polar surface area (TPSA) is 152 Å². The monoisotopic (exact) mass is 146 g/mol. The van der Waals surface area contributed by atoms with Gasteiger partial charge in [0.1, 0.15) is 0 Å². The minimum atomic E-state index is -0.333. The van der Waals surface area contributed by atoms with E-state index in [1.807, 2.05) is 0 Å². The van der Waals surface area contributed by atoms with Crippen molar-refractivity contribution in [2.75, 3.05) is 0 Å². The van der Waals surface area contributed by atoms with Gasteiger partial charge < -0.3 is 22.9 Å². The first kappa shape index (κ1) is 15.7. The van der Waals surface area contributed by atoms with Crippen molar-refractivity contribution in [3.8, 4) is 0 Å². The fourth-order valence-electron chi connectivity index (χ4n) is 0. The quantitative estimate of drug-likeness (QED) is 0.139. The summed E-state index contributed by atoms with van der Waals surface area (Å²) in [5, 5.41) is 12.1. The SMILES string of the molecule is C=C.N=C(N)N.N=C(N)N. The molecular weight excluding hydrogens is 132 g/mol. The Kier molecular flexibility index (Phi) is 24.7. The number of rotatable bonds is 0. The van der Waals surface area contributed by atoms with Crippen LogP contribution in [0.5, 0.6) is 0 Å². The van der Waals surface area contributed by atoms with Gasteiger partial charge in [-0.05, 0) is 0 Å². The molecule has 10 heavy (non-hydrogen) atoms. The standard InChI is InChI=1S/C2H4.2CH5N3/c1-2;2*2-1(3)4/h1-2H2;2*(H5,2,3,4). The third-order valence-electron chi connectivity index (χ3n) is 0. The van der Waals surface area contributed by atoms with Crippen molar-refractivity contribution in [2.24, 2.45) is 22.9 Å². The highest BCUT2D eigenvalue weighted by Crippen LogP contribution is 1.13. The zero-order chi connectivity index (χ0) is 9.15. The van der Waals surface area contributed by atoms with E-state index >= 15 is 0 Å². The van der Waals surface area contributed by atoms with Crippen molar-refractivity contribution >= 4 is 11.9 Å². The molecular formula is C4H14N6. The highest BCUT2D eigenvalue weighted by Gasteiger charge is 1.52. The largest absolute Gasteiger partial charge is 0.370 e. The fourth-order valence-corrected chi connectivity index (χ4v) is 0. The lowest BCUT2D eigenvalue weighted by Crippen LogP contribution is -2.20. The Morgan fingerprint density at radius 1 is 0.800 bits per heavy atom. The number of nitrogens with two attached hydrogens (primary N) is 4. The normalized spacial score (nSPS) is 5.20. The molecule has 0 fully saturated rings. The molecule has 0 atom stereocenters. The summed E-state index contributed by atoms with van der Waals surface area (Å²) in [6.45, 7) is 6.00. The minimum Gasteiger partial charge on any atom is -0.370 e. The van der Waals surface area contributed by atoms with Crippen molar-refractivity contribution in [3.05, 3.63) is 13.2 Å². The van der Waals surface area contributed by atoms with Crippen molar-refractivity contribution in [2.45, 2.75) is 0 Å². The first-order valence-electron chi connectivity index (χ1n) is 2.15. The summed E-state index contributed by atoms with van der Waals surface area (Å²) in [6, 6.07) is 0. The van der Waals surface area contributed by atoms with Crippen LogP contribution in [-0.4, -0.2) is 11.9 Å². The van der Waals surface area contributed by atoms with Crippen LogP contribution in [0.1, 0.15) is 0 Å². The third-order valence-corrected chi connectivity index (χ3v) is 0. The van der Waals surface area contributed by atoms with Crippen LogP contribution < -0.4 is 22.9 Å². The van der Waals surface area contributed by atoms with Gasteiger partial charge in [0.2, 0.25) is 0 Å². The Morgan fingerprint density at radius 2 is 0.800 bits per heavy atom. The molecule has 60 valence electrons. The molecule has 6 nitrogen and oxygen atoms in total. The van der Waals surface area contributed by atoms with Crippen LogP contribution >= 0.6 is 0 Å². The number of nitrogens with one attached hydrogen (secondary N) is 2. The summed E-state index contributed by atoms with van der Waals surface area (Å²) in [5.41, 5.74) is 17.9. The zero-order valence-electron chi connectivity index (χ0n) is 5.72. The summed E-state index contributed by atoms with van der Waals surface area (Å²) < 4.78 is 0. The Labute approximate surface area is 59.9 Å². The van der Waals surface area contributed by atoms with E-state index in [1.54, 1.807) is 0 Å². The first-order valence-corrected chi connectivity index (χ1v) is 2.15. The van der Waals surface area contributed by atoms with Gasteiger partial charge in [-0.25, -0.2) is 0 Å². The fraction of sp³-hybridized carbons (Fsp3) is 0. The van der Waals surface area contributed by atoms with Crippen LogP contribution in [0.15, 0.2) is 13.2 Å². The van der Waals surface area contributed by atoms with Crippen LogP contribution in [0.25, 0.3) is 0 Å². The van der Waals surface area contributed by atoms with Gasteiger partial charge in [-0.15, -0.1) is 13.2 Å². The van der Waals surface area contributed by atoms with Crippen LogP contribution in [0.3, 0.4) is 0 Å². The molecule has 0 radical (unpaired) electrons. The van der Waals surface area contributed by atoms with E-state index in [0.717, 1.165) is 0 Å². The number of hydrogen-bond donors (Lipinski definition) is 6. The molecule has 0 aliphatic heterocycles. The molecule has 0 aliphatic carbocycles. The van der Waals surface area contributed by atoms with E-state index in [0.29, 0.717) is 0 Å². The van der Waals surface area contributed by atoms with Crippen LogP contribution in [0.2, 0.25) is 0 Å². The summed E-state index contributed by atoms with van der Waals surface area (Å²) in [7, 11) is 0. The molecule has 0 saturated carbocycles. The first-order chi connectivity index (χ1) is 4.46. The Bertz CT molecular complexity index is 77.9. The van der Waals surface area contributed by atoms with Crippen molar-refractivity contribution in [3.63, 3.8) is 0 Å². The second-order valence-corrected chi connectivity index (χ2v) is 0.911. The smallest absolute Gasteiger partial charge is 0.183 e. The van der Waals surface area contributed by atoms with E-state index in [-0.39, 0.29) is 11.9 Å². The lowest BCUT2D eigenvalue weighted by Gasteiger charge is -1.69. The van der Waals surface area contributed by atoms with Gasteiger partial charge in [0.25, 0.3) is 0 Å². The Balaban J connectivity index is -0.0000000787. The summed E-state index contributed by atoms with van der Waals surface area (Å²) >= 11 is 0. The third kappa shape index (κ3) is 59.2. The maximum absolute atomic E-state index is 6.06. The lowest BCUT2D eigenvalue weighted by molar-refractivity contribution is 1.38. The highest BCUT2D eigenvalue weighted by molar-refractivity contribution is 5.72. The highest BCUT2D eigenvalue weighted by atomic mass is 14.9. The van der Waals surface area contributed by atoms with E-state index in [9.17, 15) is 0 Å². The van der Waals surface area contributed by atoms with E-state index in [1.165, 1.54) is 0 Å². The van der Waals surface area contributed by atoms with Crippen molar-refractivity contribution in [1.29, 1.82) is 10.8 Å². The van der Waals surface area contributed by atoms with Gasteiger partial charge in [0.05, 0.1) is 0 Å². The Hall–Kier alpha value is -1.72. The summed E-state index contributed by atoms with van der Waals surface area (Å²) in [5.74, 6) is -0.667. The van der Waals surface area contributed by atoms with Gasteiger partial charge in [0.15, 0.2) is 11.9 Å². The van der Waals surface area contributed by atoms with Crippen LogP contribution in [0.4, 0.5) is 0 Å². The molecule has 0 aromatic rings. The molecule has 0 rings (SSSR count). The summed E-state index contributed by atoms with van der Waals surface area (Å²) in [4.78, 5) is 0. The van der Waals surface area contributed by atoms with Gasteiger partial charge >= 0.3 is 0 Å². The molecule has 0 saturated heterocycles. The van der Waals surface area contributed by atoms with Crippen molar-refractivity contribution < 1.29 is 0 Å². The average molecular weight is 146 g/mol. The maximum Gasteiger partial charge on any atom is 0.183 e. The van der Waals surface area contributed by atoms with Gasteiger partial charge in [-0.1, -0.05) is 0 Å². The number of guanidine groups is 2. The second-order valence-electron chi connectivity index (χ2n) is 0.911. The van der Waals surface area contributed by atoms with Gasteiger partial charge in [0, 0.05) is 0 Å². The molecule has 0 aliphatic rings. The zero-order valence-corrected chi connectivity index (χ0v) is 5.72. The van der Waals surface area contributed by atoms with E-state index < -0.39 is 0 Å². The molecule has 0 aromatic carbocycles. The van der Waals surface area contributed by atoms with Gasteiger partial charge in [-0.2, -0.15) is 0 Å². The van der Waals surface area contributed by atoms with E-state index in [4.69, 9.17) is 10.8 Å². The minimum absolute atomic E-state index is 0.333.